The van der Waals surface area contributed by atoms with Crippen LogP contribution in [-0.2, 0) is 0 Å². The Kier molecular flexibility index (Phi) is 8.88. The molecular formula is C31H37ClN6OS. The first kappa shape index (κ1) is 28.3. The number of halogens is 1. The number of pyridine rings is 1. The van der Waals surface area contributed by atoms with Crippen LogP contribution < -0.4 is 14.8 Å². The summed E-state index contributed by atoms with van der Waals surface area (Å²) in [6.07, 6.45) is 6.57. The number of ether oxygens (including phenoxy) is 1. The monoisotopic (exact) mass is 576 g/mol. The number of nitrogens with one attached hydrogen (secondary N) is 2. The van der Waals surface area contributed by atoms with E-state index in [1.165, 1.54) is 12.8 Å². The van der Waals surface area contributed by atoms with Gasteiger partial charge in [0.05, 0.1) is 17.6 Å². The molecule has 7 nitrogen and oxygen atoms in total. The number of benzene rings is 2. The molecule has 0 amide bonds. The van der Waals surface area contributed by atoms with Crippen LogP contribution in [0.3, 0.4) is 0 Å². The second-order valence-corrected chi connectivity index (χ2v) is 12.6. The van der Waals surface area contributed by atoms with Crippen LogP contribution in [-0.4, -0.2) is 58.5 Å². The van der Waals surface area contributed by atoms with Gasteiger partial charge in [-0.05, 0) is 107 Å². The highest BCUT2D eigenvalue weighted by Gasteiger charge is 2.23. The van der Waals surface area contributed by atoms with Crippen LogP contribution in [0.2, 0.25) is 5.02 Å². The molecule has 2 N–H and O–H groups in total. The lowest BCUT2D eigenvalue weighted by atomic mass is 9.90. The van der Waals surface area contributed by atoms with E-state index in [-0.39, 0.29) is 0 Å². The number of hydrogen-bond donors (Lipinski definition) is 2. The fourth-order valence-electron chi connectivity index (χ4n) is 5.30. The van der Waals surface area contributed by atoms with E-state index in [0.717, 1.165) is 56.2 Å². The molecule has 4 aromatic rings. The van der Waals surface area contributed by atoms with Crippen molar-refractivity contribution in [3.05, 3.63) is 65.3 Å². The zero-order valence-electron chi connectivity index (χ0n) is 23.7. The van der Waals surface area contributed by atoms with Gasteiger partial charge in [0.25, 0.3) is 0 Å². The van der Waals surface area contributed by atoms with E-state index in [1.807, 2.05) is 49.5 Å². The van der Waals surface area contributed by atoms with Crippen molar-refractivity contribution in [3.8, 4) is 17.0 Å². The van der Waals surface area contributed by atoms with Crippen LogP contribution >= 0.6 is 22.3 Å². The molecule has 5 rings (SSSR count). The minimum atomic E-state index is -0.401. The third-order valence-electron chi connectivity index (χ3n) is 7.55. The maximum absolute atomic E-state index is 6.45. The molecule has 2 aromatic heterocycles. The Morgan fingerprint density at radius 3 is 2.50 bits per heavy atom. The summed E-state index contributed by atoms with van der Waals surface area (Å²) in [4.78, 5) is 17.7. The van der Waals surface area contributed by atoms with Crippen molar-refractivity contribution in [1.29, 1.82) is 0 Å². The van der Waals surface area contributed by atoms with Crippen molar-refractivity contribution in [2.24, 2.45) is 0 Å². The van der Waals surface area contributed by atoms with Crippen LogP contribution in [0, 0.1) is 6.92 Å². The second kappa shape index (κ2) is 12.5. The molecule has 1 unspecified atom stereocenters. The summed E-state index contributed by atoms with van der Waals surface area (Å²) in [5.41, 5.74) is 3.99. The standard InChI is InChI=1S/C31H37ClN6OS/c1-6-40(28-10-8-7-9-26(28)32)37-29-16-15-24(30(36-29)39-5)25-18-21-19-33-31(35-27(21)17-20(25)2)34-22-11-13-23(14-12-22)38(3)4/h6-10,15-19,22-23H,11-14H2,1-5H3,(H,36,37)(H,33,34,35). The van der Waals surface area contributed by atoms with Crippen LogP contribution in [0.4, 0.5) is 11.8 Å². The first-order valence-corrected chi connectivity index (χ1v) is 15.3. The van der Waals surface area contributed by atoms with Crippen molar-refractivity contribution < 1.29 is 4.74 Å². The van der Waals surface area contributed by atoms with E-state index in [9.17, 15) is 0 Å². The summed E-state index contributed by atoms with van der Waals surface area (Å²) in [5.74, 6) is 1.97. The number of fused-ring (bicyclic) bond motifs is 1. The van der Waals surface area contributed by atoms with Gasteiger partial charge in [0.2, 0.25) is 11.8 Å². The molecule has 0 radical (unpaired) electrons. The molecule has 9 heteroatoms. The lowest BCUT2D eigenvalue weighted by Gasteiger charge is -2.32. The van der Waals surface area contributed by atoms with Gasteiger partial charge < -0.3 is 19.7 Å². The minimum absolute atomic E-state index is 0.401. The Morgan fingerprint density at radius 1 is 1.02 bits per heavy atom. The Hall–Kier alpha value is -3.20. The third kappa shape index (κ3) is 6.24. The largest absolute Gasteiger partial charge is 0.480 e. The number of nitrogens with zero attached hydrogens (tertiary/aromatic N) is 4. The predicted molar refractivity (Wildman–Crippen MR) is 170 cm³/mol. The summed E-state index contributed by atoms with van der Waals surface area (Å²) in [6, 6.07) is 17.2. The Bertz CT molecular complexity index is 1530. The summed E-state index contributed by atoms with van der Waals surface area (Å²) < 4.78 is 9.25. The third-order valence-corrected chi connectivity index (χ3v) is 9.73. The summed E-state index contributed by atoms with van der Waals surface area (Å²) in [5, 5.41) is 7.37. The number of aromatic nitrogens is 3. The SMILES string of the molecule is C/C=S(/Nc1ccc(-c2cc3cnc(NC4CCC(N(C)C)CC4)nc3cc2C)c(OC)n1)c1ccccc1Cl. The molecule has 210 valence electrons. The topological polar surface area (TPSA) is 75.2 Å². The van der Waals surface area contributed by atoms with E-state index in [2.05, 4.69) is 58.4 Å². The van der Waals surface area contributed by atoms with Crippen LogP contribution in [0.5, 0.6) is 5.88 Å². The molecule has 1 fully saturated rings. The van der Waals surface area contributed by atoms with Crippen molar-refractivity contribution >= 4 is 50.3 Å². The van der Waals surface area contributed by atoms with Gasteiger partial charge in [-0.15, -0.1) is 0 Å². The van der Waals surface area contributed by atoms with Crippen molar-refractivity contribution in [3.63, 3.8) is 0 Å². The smallest absolute Gasteiger partial charge is 0.223 e. The van der Waals surface area contributed by atoms with E-state index < -0.39 is 10.7 Å². The maximum Gasteiger partial charge on any atom is 0.223 e. The van der Waals surface area contributed by atoms with Crippen molar-refractivity contribution in [1.82, 2.24) is 19.9 Å². The van der Waals surface area contributed by atoms with E-state index in [0.29, 0.717) is 23.9 Å². The normalized spacial score (nSPS) is 18.2. The Morgan fingerprint density at radius 2 is 1.80 bits per heavy atom. The van der Waals surface area contributed by atoms with Gasteiger partial charge >= 0.3 is 0 Å². The molecule has 1 saturated carbocycles. The number of hydrogen-bond acceptors (Lipinski definition) is 7. The zero-order valence-corrected chi connectivity index (χ0v) is 25.3. The highest BCUT2D eigenvalue weighted by molar-refractivity contribution is 8.16. The Labute approximate surface area is 244 Å². The summed E-state index contributed by atoms with van der Waals surface area (Å²) in [7, 11) is 5.59. The summed E-state index contributed by atoms with van der Waals surface area (Å²) in [6.45, 7) is 4.11. The highest BCUT2D eigenvalue weighted by Crippen LogP contribution is 2.37. The maximum atomic E-state index is 6.45. The van der Waals surface area contributed by atoms with Gasteiger partial charge in [-0.25, -0.2) is 9.97 Å². The molecular weight excluding hydrogens is 540 g/mol. The highest BCUT2D eigenvalue weighted by atomic mass is 35.5. The molecule has 1 aliphatic rings. The average molecular weight is 577 g/mol. The number of anilines is 2. The van der Waals surface area contributed by atoms with Crippen LogP contribution in [0.25, 0.3) is 22.0 Å². The lowest BCUT2D eigenvalue weighted by Crippen LogP contribution is -2.36. The average Bonchev–Trinajstić information content (AvgIpc) is 2.96. The first-order chi connectivity index (χ1) is 19.4. The molecule has 1 aliphatic carbocycles. The van der Waals surface area contributed by atoms with Crippen molar-refractivity contribution in [2.45, 2.75) is 56.5 Å². The molecule has 2 aromatic carbocycles. The predicted octanol–water partition coefficient (Wildman–Crippen LogP) is 7.42. The summed E-state index contributed by atoms with van der Waals surface area (Å²) >= 11 is 6.45. The van der Waals surface area contributed by atoms with E-state index in [1.54, 1.807) is 7.11 Å². The van der Waals surface area contributed by atoms with Gasteiger partial charge in [-0.3, -0.25) is 0 Å². The number of aryl methyl sites for hydroxylation is 1. The van der Waals surface area contributed by atoms with Crippen LogP contribution in [0.15, 0.2) is 59.6 Å². The second-order valence-electron chi connectivity index (χ2n) is 10.4. The van der Waals surface area contributed by atoms with Gasteiger partial charge in [-0.2, -0.15) is 4.98 Å². The first-order valence-electron chi connectivity index (χ1n) is 13.7. The molecule has 0 saturated heterocycles. The molecule has 0 aliphatic heterocycles. The van der Waals surface area contributed by atoms with Gasteiger partial charge in [0, 0.05) is 34.1 Å². The lowest BCUT2D eigenvalue weighted by molar-refractivity contribution is 0.221. The number of methoxy groups -OCH3 is 1. The van der Waals surface area contributed by atoms with Crippen molar-refractivity contribution in [2.75, 3.05) is 31.2 Å². The number of rotatable bonds is 8. The molecule has 0 spiro atoms. The quantitative estimate of drug-likeness (QED) is 0.211. The molecule has 40 heavy (non-hydrogen) atoms. The van der Waals surface area contributed by atoms with Gasteiger partial charge in [0.15, 0.2) is 0 Å². The van der Waals surface area contributed by atoms with Gasteiger partial charge in [0.1, 0.15) is 5.82 Å². The van der Waals surface area contributed by atoms with E-state index >= 15 is 0 Å². The molecule has 1 atom stereocenters. The van der Waals surface area contributed by atoms with Gasteiger partial charge in [-0.1, -0.05) is 34.4 Å². The van der Waals surface area contributed by atoms with Crippen LogP contribution in [0.1, 0.15) is 38.2 Å². The zero-order chi connectivity index (χ0) is 28.2. The fraction of sp³-hybridized carbons (Fsp3) is 0.355. The Balaban J connectivity index is 1.37. The molecule has 2 heterocycles. The van der Waals surface area contributed by atoms with E-state index in [4.69, 9.17) is 26.3 Å². The fourth-order valence-corrected chi connectivity index (χ4v) is 7.01. The molecule has 0 bridgehead atoms. The minimum Gasteiger partial charge on any atom is -0.480 e.